The third kappa shape index (κ3) is 4.50. The standard InChI is InChI=1S/C21H26N6O3/c1-12-6-17(15(21(2,3)4)7-13(12)8-22)30-11-16-14-9-23-20(24-19(14)26-25-16)27(5)10-18(28)29/h6-7,9,18,28-29H,10-11H2,1-5H3,(H,23,24,25,26). The molecule has 1 aromatic carbocycles. The molecule has 0 aliphatic carbocycles. The summed E-state index contributed by atoms with van der Waals surface area (Å²) in [6.45, 7) is 8.31. The number of benzene rings is 1. The Balaban J connectivity index is 1.86. The van der Waals surface area contributed by atoms with Crippen molar-refractivity contribution in [2.45, 2.75) is 46.0 Å². The first-order chi connectivity index (χ1) is 14.1. The van der Waals surface area contributed by atoms with Gasteiger partial charge in [-0.1, -0.05) is 20.8 Å². The molecule has 0 radical (unpaired) electrons. The van der Waals surface area contributed by atoms with Crippen LogP contribution in [0.25, 0.3) is 11.0 Å². The van der Waals surface area contributed by atoms with Crippen LogP contribution in [0.2, 0.25) is 0 Å². The minimum atomic E-state index is -1.48. The van der Waals surface area contributed by atoms with Gasteiger partial charge in [0, 0.05) is 18.8 Å². The molecule has 2 aromatic heterocycles. The topological polar surface area (TPSA) is 131 Å². The third-order valence-corrected chi connectivity index (χ3v) is 4.78. The second-order valence-electron chi connectivity index (χ2n) is 8.28. The number of fused-ring (bicyclic) bond motifs is 1. The maximum absolute atomic E-state index is 9.36. The number of likely N-dealkylation sites (N-methyl/N-ethyl adjacent to an activating group) is 1. The van der Waals surface area contributed by atoms with Gasteiger partial charge in [-0.05, 0) is 30.0 Å². The van der Waals surface area contributed by atoms with Gasteiger partial charge >= 0.3 is 0 Å². The molecule has 0 saturated heterocycles. The first-order valence-corrected chi connectivity index (χ1v) is 9.55. The molecule has 0 aliphatic heterocycles. The monoisotopic (exact) mass is 410 g/mol. The molecule has 158 valence electrons. The number of aliphatic hydroxyl groups is 2. The van der Waals surface area contributed by atoms with E-state index in [1.807, 2.05) is 19.1 Å². The summed E-state index contributed by atoms with van der Waals surface area (Å²) in [4.78, 5) is 10.2. The van der Waals surface area contributed by atoms with Gasteiger partial charge in [-0.25, -0.2) is 4.98 Å². The highest BCUT2D eigenvalue weighted by molar-refractivity contribution is 5.77. The molecule has 0 spiro atoms. The zero-order valence-electron chi connectivity index (χ0n) is 17.8. The van der Waals surface area contributed by atoms with Crippen molar-refractivity contribution >= 4 is 17.0 Å². The number of hydrogen-bond acceptors (Lipinski definition) is 8. The highest BCUT2D eigenvalue weighted by atomic mass is 16.5. The molecule has 9 heteroatoms. The fourth-order valence-corrected chi connectivity index (χ4v) is 3.12. The Morgan fingerprint density at radius 3 is 2.67 bits per heavy atom. The van der Waals surface area contributed by atoms with Gasteiger partial charge in [0.25, 0.3) is 0 Å². The van der Waals surface area contributed by atoms with Crippen molar-refractivity contribution in [3.8, 4) is 11.8 Å². The van der Waals surface area contributed by atoms with E-state index in [9.17, 15) is 5.26 Å². The summed E-state index contributed by atoms with van der Waals surface area (Å²) >= 11 is 0. The average Bonchev–Trinajstić information content (AvgIpc) is 3.07. The lowest BCUT2D eigenvalue weighted by Crippen LogP contribution is -2.29. The Bertz CT molecular complexity index is 1090. The Morgan fingerprint density at radius 2 is 2.03 bits per heavy atom. The molecule has 3 N–H and O–H groups in total. The van der Waals surface area contributed by atoms with Gasteiger partial charge in [-0.3, -0.25) is 5.10 Å². The van der Waals surface area contributed by atoms with Crippen molar-refractivity contribution < 1.29 is 14.9 Å². The van der Waals surface area contributed by atoms with Crippen LogP contribution >= 0.6 is 0 Å². The van der Waals surface area contributed by atoms with E-state index >= 15 is 0 Å². The van der Waals surface area contributed by atoms with Crippen molar-refractivity contribution in [2.75, 3.05) is 18.5 Å². The smallest absolute Gasteiger partial charge is 0.227 e. The van der Waals surface area contributed by atoms with Crippen molar-refractivity contribution in [1.29, 1.82) is 5.26 Å². The van der Waals surface area contributed by atoms with Crippen LogP contribution in [0.3, 0.4) is 0 Å². The zero-order chi connectivity index (χ0) is 22.1. The number of nitrogens with zero attached hydrogens (tertiary/aromatic N) is 5. The highest BCUT2D eigenvalue weighted by Gasteiger charge is 2.22. The molecule has 0 unspecified atom stereocenters. The van der Waals surface area contributed by atoms with E-state index in [-0.39, 0.29) is 18.6 Å². The van der Waals surface area contributed by atoms with Crippen LogP contribution in [-0.2, 0) is 12.0 Å². The SMILES string of the molecule is Cc1cc(OCc2n[nH]c3nc(N(C)CC(O)O)ncc23)c(C(C)(C)C)cc1C#N. The average molecular weight is 410 g/mol. The lowest BCUT2D eigenvalue weighted by Gasteiger charge is -2.23. The summed E-state index contributed by atoms with van der Waals surface area (Å²) in [5.74, 6) is 1.06. The van der Waals surface area contributed by atoms with Crippen molar-refractivity contribution in [1.82, 2.24) is 20.2 Å². The number of hydrogen-bond donors (Lipinski definition) is 3. The maximum Gasteiger partial charge on any atom is 0.227 e. The predicted octanol–water partition coefficient (Wildman–Crippen LogP) is 2.16. The Labute approximate surface area is 175 Å². The molecule has 0 saturated carbocycles. The van der Waals surface area contributed by atoms with E-state index in [0.29, 0.717) is 28.6 Å². The normalized spacial score (nSPS) is 11.7. The van der Waals surface area contributed by atoms with Crippen LogP contribution in [0.4, 0.5) is 5.95 Å². The molecule has 30 heavy (non-hydrogen) atoms. The number of ether oxygens (including phenoxy) is 1. The number of aliphatic hydroxyl groups excluding tert-OH is 1. The number of aryl methyl sites for hydroxylation is 1. The van der Waals surface area contributed by atoms with Gasteiger partial charge in [0.1, 0.15) is 18.1 Å². The molecule has 0 bridgehead atoms. The van der Waals surface area contributed by atoms with Crippen molar-refractivity contribution in [3.63, 3.8) is 0 Å². The predicted molar refractivity (Wildman–Crippen MR) is 112 cm³/mol. The maximum atomic E-state index is 9.36. The lowest BCUT2D eigenvalue weighted by atomic mass is 9.84. The molecular weight excluding hydrogens is 384 g/mol. The summed E-state index contributed by atoms with van der Waals surface area (Å²) in [5, 5.41) is 35.5. The second kappa shape index (κ2) is 8.26. The molecule has 3 rings (SSSR count). The number of nitriles is 1. The molecule has 0 fully saturated rings. The van der Waals surface area contributed by atoms with Gasteiger partial charge < -0.3 is 19.8 Å². The van der Waals surface area contributed by atoms with Crippen LogP contribution < -0.4 is 9.64 Å². The second-order valence-corrected chi connectivity index (χ2v) is 8.28. The first kappa shape index (κ1) is 21.5. The molecule has 0 atom stereocenters. The number of rotatable bonds is 6. The first-order valence-electron chi connectivity index (χ1n) is 9.55. The fraction of sp³-hybridized carbons (Fsp3) is 0.429. The van der Waals surface area contributed by atoms with Gasteiger partial charge in [0.2, 0.25) is 5.95 Å². The largest absolute Gasteiger partial charge is 0.487 e. The van der Waals surface area contributed by atoms with E-state index in [2.05, 4.69) is 47.0 Å². The molecule has 2 heterocycles. The van der Waals surface area contributed by atoms with Crippen molar-refractivity contribution in [3.05, 3.63) is 40.7 Å². The van der Waals surface area contributed by atoms with E-state index in [0.717, 1.165) is 16.5 Å². The number of nitrogens with one attached hydrogen (secondary N) is 1. The van der Waals surface area contributed by atoms with Gasteiger partial charge in [-0.2, -0.15) is 15.3 Å². The zero-order valence-corrected chi connectivity index (χ0v) is 17.8. The molecular formula is C21H26N6O3. The van der Waals surface area contributed by atoms with E-state index in [1.54, 1.807) is 13.2 Å². The molecule has 9 nitrogen and oxygen atoms in total. The Hall–Kier alpha value is -3.22. The minimum Gasteiger partial charge on any atom is -0.487 e. The van der Waals surface area contributed by atoms with Gasteiger partial charge in [-0.15, -0.1) is 0 Å². The quantitative estimate of drug-likeness (QED) is 0.527. The summed E-state index contributed by atoms with van der Waals surface area (Å²) in [7, 11) is 1.67. The number of aromatic nitrogens is 4. The Morgan fingerprint density at radius 1 is 1.30 bits per heavy atom. The van der Waals surface area contributed by atoms with Gasteiger partial charge in [0.05, 0.1) is 23.6 Å². The van der Waals surface area contributed by atoms with Crippen LogP contribution in [0, 0.1) is 18.3 Å². The van der Waals surface area contributed by atoms with E-state index in [4.69, 9.17) is 14.9 Å². The summed E-state index contributed by atoms with van der Waals surface area (Å²) < 4.78 is 6.10. The summed E-state index contributed by atoms with van der Waals surface area (Å²) in [5.41, 5.74) is 3.44. The summed E-state index contributed by atoms with van der Waals surface area (Å²) in [6.07, 6.45) is 0.155. The van der Waals surface area contributed by atoms with E-state index < -0.39 is 6.29 Å². The van der Waals surface area contributed by atoms with Gasteiger partial charge in [0.15, 0.2) is 11.9 Å². The van der Waals surface area contributed by atoms with Crippen LogP contribution in [0.5, 0.6) is 5.75 Å². The molecule has 0 aliphatic rings. The Kier molecular flexibility index (Phi) is 5.92. The van der Waals surface area contributed by atoms with Crippen LogP contribution in [0.15, 0.2) is 18.3 Å². The minimum absolute atomic E-state index is 0.0107. The number of H-pyrrole nitrogens is 1. The van der Waals surface area contributed by atoms with E-state index in [1.165, 1.54) is 4.90 Å². The highest BCUT2D eigenvalue weighted by Crippen LogP contribution is 2.34. The lowest BCUT2D eigenvalue weighted by molar-refractivity contribution is -0.0316. The van der Waals surface area contributed by atoms with Crippen LogP contribution in [0.1, 0.15) is 43.2 Å². The fourth-order valence-electron chi connectivity index (χ4n) is 3.12. The summed E-state index contributed by atoms with van der Waals surface area (Å²) in [6, 6.07) is 6.00. The third-order valence-electron chi connectivity index (χ3n) is 4.78. The number of anilines is 1. The van der Waals surface area contributed by atoms with Crippen molar-refractivity contribution in [2.24, 2.45) is 0 Å². The number of aromatic amines is 1. The molecule has 0 amide bonds. The molecule has 3 aromatic rings. The van der Waals surface area contributed by atoms with Crippen LogP contribution in [-0.4, -0.2) is 50.3 Å².